The van der Waals surface area contributed by atoms with Gasteiger partial charge in [-0.05, 0) is 35.7 Å². The van der Waals surface area contributed by atoms with Crippen molar-refractivity contribution in [2.24, 2.45) is 0 Å². The minimum Gasteiger partial charge on any atom is -0.446 e. The lowest BCUT2D eigenvalue weighted by molar-refractivity contribution is 0.0146. The van der Waals surface area contributed by atoms with Crippen LogP contribution in [0.5, 0.6) is 0 Å². The second-order valence-electron chi connectivity index (χ2n) is 6.32. The maximum absolute atomic E-state index is 13.0. The topological polar surface area (TPSA) is 29.5 Å². The van der Waals surface area contributed by atoms with Crippen LogP contribution in [0, 0.1) is 5.82 Å². The molecule has 1 amide bonds. The summed E-state index contributed by atoms with van der Waals surface area (Å²) >= 11 is 0. The largest absolute Gasteiger partial charge is 0.446 e. The number of cyclic esters (lactones) is 1. The second kappa shape index (κ2) is 7.51. The van der Waals surface area contributed by atoms with E-state index in [0.29, 0.717) is 13.0 Å². The molecule has 2 aromatic carbocycles. The summed E-state index contributed by atoms with van der Waals surface area (Å²) in [6.45, 7) is 6.37. The fourth-order valence-corrected chi connectivity index (χ4v) is 3.12. The predicted molar refractivity (Wildman–Crippen MR) is 96.7 cm³/mol. The van der Waals surface area contributed by atoms with Gasteiger partial charge in [-0.15, -0.1) is 6.58 Å². The van der Waals surface area contributed by atoms with Crippen LogP contribution in [0.4, 0.5) is 9.18 Å². The average Bonchev–Trinajstić information content (AvgIpc) is 2.62. The Labute approximate surface area is 147 Å². The molecule has 2 atom stereocenters. The predicted octanol–water partition coefficient (Wildman–Crippen LogP) is 5.34. The average molecular weight is 339 g/mol. The monoisotopic (exact) mass is 339 g/mol. The summed E-state index contributed by atoms with van der Waals surface area (Å²) in [6.07, 6.45) is 2.96. The van der Waals surface area contributed by atoms with Crippen molar-refractivity contribution in [1.82, 2.24) is 4.90 Å². The van der Waals surface area contributed by atoms with E-state index in [4.69, 9.17) is 4.74 Å². The summed E-state index contributed by atoms with van der Waals surface area (Å²) in [7, 11) is 0. The highest BCUT2D eigenvalue weighted by atomic mass is 19.1. The summed E-state index contributed by atoms with van der Waals surface area (Å²) in [5, 5.41) is 0. The Kier molecular flexibility index (Phi) is 5.17. The molecular formula is C21H22FNO2. The molecule has 0 N–H and O–H groups in total. The third-order valence-electron chi connectivity index (χ3n) is 4.66. The number of carbonyl (C=O) groups excluding carboxylic acids is 1. The molecule has 130 valence electrons. The Hall–Kier alpha value is -2.62. The minimum absolute atomic E-state index is 0.0561. The maximum atomic E-state index is 13.0. The van der Waals surface area contributed by atoms with E-state index in [1.807, 2.05) is 31.2 Å². The van der Waals surface area contributed by atoms with Gasteiger partial charge in [0, 0.05) is 19.4 Å². The molecule has 1 heterocycles. The summed E-state index contributed by atoms with van der Waals surface area (Å²) in [5.74, 6) is -0.243. The zero-order valence-corrected chi connectivity index (χ0v) is 14.3. The molecule has 1 aliphatic heterocycles. The van der Waals surface area contributed by atoms with Crippen LogP contribution in [-0.2, 0) is 4.74 Å². The molecule has 25 heavy (non-hydrogen) atoms. The zero-order valence-electron chi connectivity index (χ0n) is 14.3. The van der Waals surface area contributed by atoms with Crippen molar-refractivity contribution in [2.75, 3.05) is 6.54 Å². The number of nitrogens with zero attached hydrogens (tertiary/aromatic N) is 1. The number of amides is 1. The highest BCUT2D eigenvalue weighted by Gasteiger charge is 2.30. The number of rotatable bonds is 5. The lowest BCUT2D eigenvalue weighted by Gasteiger charge is -2.35. The third kappa shape index (κ3) is 3.90. The SMILES string of the molecule is C=CCC1CCN(C(C)c2ccc(-c3ccc(F)cc3)cc2)C(=O)O1. The van der Waals surface area contributed by atoms with Gasteiger partial charge in [0.25, 0.3) is 0 Å². The van der Waals surface area contributed by atoms with Crippen molar-refractivity contribution in [3.8, 4) is 11.1 Å². The van der Waals surface area contributed by atoms with Crippen molar-refractivity contribution >= 4 is 6.09 Å². The Bertz CT molecular complexity index is 739. The number of hydrogen-bond donors (Lipinski definition) is 0. The van der Waals surface area contributed by atoms with E-state index in [2.05, 4.69) is 6.58 Å². The molecule has 0 bridgehead atoms. The van der Waals surface area contributed by atoms with Crippen LogP contribution in [0.3, 0.4) is 0 Å². The van der Waals surface area contributed by atoms with Gasteiger partial charge in [-0.25, -0.2) is 9.18 Å². The number of hydrogen-bond acceptors (Lipinski definition) is 2. The van der Waals surface area contributed by atoms with Crippen molar-refractivity contribution in [1.29, 1.82) is 0 Å². The van der Waals surface area contributed by atoms with Crippen LogP contribution in [0.15, 0.2) is 61.2 Å². The first kappa shape index (κ1) is 17.2. The third-order valence-corrected chi connectivity index (χ3v) is 4.66. The number of carbonyl (C=O) groups is 1. The Morgan fingerprint density at radius 1 is 1.20 bits per heavy atom. The van der Waals surface area contributed by atoms with Gasteiger partial charge in [0.2, 0.25) is 0 Å². The van der Waals surface area contributed by atoms with Gasteiger partial charge in [0.1, 0.15) is 11.9 Å². The van der Waals surface area contributed by atoms with Crippen molar-refractivity contribution in [3.05, 3.63) is 72.6 Å². The molecule has 1 saturated heterocycles. The number of benzene rings is 2. The molecule has 2 unspecified atom stereocenters. The first-order valence-electron chi connectivity index (χ1n) is 8.52. The van der Waals surface area contributed by atoms with Crippen LogP contribution in [0.2, 0.25) is 0 Å². The highest BCUT2D eigenvalue weighted by molar-refractivity contribution is 5.69. The second-order valence-corrected chi connectivity index (χ2v) is 6.32. The van der Waals surface area contributed by atoms with E-state index < -0.39 is 0 Å². The van der Waals surface area contributed by atoms with E-state index in [1.54, 1.807) is 23.1 Å². The van der Waals surface area contributed by atoms with E-state index in [9.17, 15) is 9.18 Å². The molecule has 0 aromatic heterocycles. The smallest absolute Gasteiger partial charge is 0.410 e. The molecule has 0 radical (unpaired) electrons. The quantitative estimate of drug-likeness (QED) is 0.688. The van der Waals surface area contributed by atoms with E-state index in [-0.39, 0.29) is 24.1 Å². The first-order chi connectivity index (χ1) is 12.1. The standard InChI is InChI=1S/C21H22FNO2/c1-3-4-20-13-14-23(21(24)25-20)15(2)16-5-7-17(8-6-16)18-9-11-19(22)12-10-18/h3,5-12,15,20H,1,4,13-14H2,2H3. The zero-order chi connectivity index (χ0) is 17.8. The summed E-state index contributed by atoms with van der Waals surface area (Å²) < 4.78 is 18.5. The molecular weight excluding hydrogens is 317 g/mol. The van der Waals surface area contributed by atoms with Crippen molar-refractivity contribution < 1.29 is 13.9 Å². The molecule has 1 fully saturated rings. The van der Waals surface area contributed by atoms with Crippen LogP contribution < -0.4 is 0 Å². The summed E-state index contributed by atoms with van der Waals surface area (Å²) in [4.78, 5) is 14.0. The molecule has 0 spiro atoms. The van der Waals surface area contributed by atoms with Crippen molar-refractivity contribution in [3.63, 3.8) is 0 Å². The summed E-state index contributed by atoms with van der Waals surface area (Å²) in [5.41, 5.74) is 3.03. The first-order valence-corrected chi connectivity index (χ1v) is 8.52. The van der Waals surface area contributed by atoms with Crippen LogP contribution in [0.1, 0.15) is 31.4 Å². The van der Waals surface area contributed by atoms with Crippen LogP contribution in [-0.4, -0.2) is 23.6 Å². The van der Waals surface area contributed by atoms with Gasteiger partial charge >= 0.3 is 6.09 Å². The Balaban J connectivity index is 1.70. The fourth-order valence-electron chi connectivity index (χ4n) is 3.12. The molecule has 1 aliphatic rings. The lowest BCUT2D eigenvalue weighted by atomic mass is 10.00. The molecule has 4 heteroatoms. The van der Waals surface area contributed by atoms with Crippen LogP contribution in [0.25, 0.3) is 11.1 Å². The van der Waals surface area contributed by atoms with E-state index >= 15 is 0 Å². The van der Waals surface area contributed by atoms with E-state index in [1.165, 1.54) is 12.1 Å². The molecule has 0 aliphatic carbocycles. The van der Waals surface area contributed by atoms with Gasteiger partial charge in [0.15, 0.2) is 0 Å². The molecule has 3 nitrogen and oxygen atoms in total. The molecule has 2 aromatic rings. The number of halogens is 1. The normalized spacial score (nSPS) is 18.6. The lowest BCUT2D eigenvalue weighted by Crippen LogP contribution is -2.43. The van der Waals surface area contributed by atoms with E-state index in [0.717, 1.165) is 23.1 Å². The Morgan fingerprint density at radius 2 is 1.80 bits per heavy atom. The van der Waals surface area contributed by atoms with Crippen LogP contribution >= 0.6 is 0 Å². The molecule has 3 rings (SSSR count). The summed E-state index contributed by atoms with van der Waals surface area (Å²) in [6, 6.07) is 14.4. The Morgan fingerprint density at radius 3 is 2.36 bits per heavy atom. The highest BCUT2D eigenvalue weighted by Crippen LogP contribution is 2.28. The van der Waals surface area contributed by atoms with Gasteiger partial charge in [-0.3, -0.25) is 0 Å². The minimum atomic E-state index is -0.270. The maximum Gasteiger partial charge on any atom is 0.410 e. The van der Waals surface area contributed by atoms with Gasteiger partial charge in [-0.2, -0.15) is 0 Å². The van der Waals surface area contributed by atoms with Crippen molar-refractivity contribution in [2.45, 2.75) is 31.9 Å². The van der Waals surface area contributed by atoms with Gasteiger partial charge in [0.05, 0.1) is 6.04 Å². The van der Waals surface area contributed by atoms with Gasteiger partial charge in [-0.1, -0.05) is 42.5 Å². The molecule has 0 saturated carbocycles. The number of ether oxygens (including phenoxy) is 1. The fraction of sp³-hybridized carbons (Fsp3) is 0.286. The van der Waals surface area contributed by atoms with Gasteiger partial charge < -0.3 is 9.64 Å².